The molecule has 3 aromatic heterocycles. The van der Waals surface area contributed by atoms with E-state index in [0.29, 0.717) is 46.5 Å². The fourth-order valence-electron chi connectivity index (χ4n) is 3.02. The number of halogens is 1. The van der Waals surface area contributed by atoms with Crippen LogP contribution in [0.5, 0.6) is 11.6 Å². The molecule has 0 aliphatic rings. The molecule has 0 spiro atoms. The fraction of sp³-hybridized carbons (Fsp3) is 0.300. The largest absolute Gasteiger partial charge is 0.481 e. The smallest absolute Gasteiger partial charge is 0.215 e. The van der Waals surface area contributed by atoms with E-state index < -0.39 is 5.82 Å². The first-order chi connectivity index (χ1) is 14.1. The van der Waals surface area contributed by atoms with Crippen LogP contribution in [0.15, 0.2) is 30.3 Å². The van der Waals surface area contributed by atoms with Gasteiger partial charge in [0, 0.05) is 12.6 Å². The van der Waals surface area contributed by atoms with E-state index in [1.807, 2.05) is 0 Å². The van der Waals surface area contributed by atoms with E-state index >= 15 is 0 Å². The molecule has 150 valence electrons. The predicted molar refractivity (Wildman–Crippen MR) is 106 cm³/mol. The maximum atomic E-state index is 14.8. The van der Waals surface area contributed by atoms with Gasteiger partial charge in [-0.25, -0.2) is 9.37 Å². The normalized spacial score (nSPS) is 11.3. The Balaban J connectivity index is 1.86. The van der Waals surface area contributed by atoms with Crippen molar-refractivity contribution in [3.63, 3.8) is 0 Å². The molecule has 0 saturated carbocycles. The van der Waals surface area contributed by atoms with Gasteiger partial charge in [-0.2, -0.15) is 10.5 Å². The van der Waals surface area contributed by atoms with E-state index in [1.54, 1.807) is 35.6 Å². The topological polar surface area (TPSA) is 86.5 Å². The highest BCUT2D eigenvalue weighted by Crippen LogP contribution is 2.29. The monoisotopic (exact) mass is 396 g/mol. The van der Waals surface area contributed by atoms with Crippen LogP contribution in [-0.4, -0.2) is 38.2 Å². The lowest BCUT2D eigenvalue weighted by Crippen LogP contribution is -2.19. The predicted octanol–water partition coefficient (Wildman–Crippen LogP) is 3.48. The van der Waals surface area contributed by atoms with Crippen molar-refractivity contribution < 1.29 is 14.0 Å². The quantitative estimate of drug-likeness (QED) is 0.378. The van der Waals surface area contributed by atoms with Gasteiger partial charge in [-0.05, 0) is 37.6 Å². The molecular weight excluding hydrogens is 375 g/mol. The van der Waals surface area contributed by atoms with Crippen molar-refractivity contribution in [1.82, 2.24) is 30.0 Å². The number of hydrogen-bond donors (Lipinski definition) is 1. The van der Waals surface area contributed by atoms with Crippen LogP contribution in [0.1, 0.15) is 25.5 Å². The molecule has 1 N–H and O–H groups in total. The summed E-state index contributed by atoms with van der Waals surface area (Å²) >= 11 is 0. The zero-order chi connectivity index (χ0) is 20.4. The molecule has 0 unspecified atom stereocenters. The first-order valence-electron chi connectivity index (χ1n) is 9.38. The Morgan fingerprint density at radius 2 is 1.97 bits per heavy atom. The summed E-state index contributed by atoms with van der Waals surface area (Å²) in [6.07, 6.45) is 2.03. The molecule has 1 aromatic carbocycles. The Morgan fingerprint density at radius 1 is 1.10 bits per heavy atom. The minimum Gasteiger partial charge on any atom is -0.481 e. The summed E-state index contributed by atoms with van der Waals surface area (Å²) in [6.45, 7) is 4.60. The van der Waals surface area contributed by atoms with Crippen LogP contribution >= 0.6 is 0 Å². The van der Waals surface area contributed by atoms with Crippen LogP contribution in [0.25, 0.3) is 28.2 Å². The average Bonchev–Trinajstić information content (AvgIpc) is 3.08. The van der Waals surface area contributed by atoms with Gasteiger partial charge in [0.2, 0.25) is 5.88 Å². The Morgan fingerprint density at radius 3 is 2.76 bits per heavy atom. The van der Waals surface area contributed by atoms with Gasteiger partial charge in [0.05, 0.1) is 18.4 Å². The molecular formula is C20H21FN6O2. The van der Waals surface area contributed by atoms with Crippen molar-refractivity contribution in [1.29, 1.82) is 0 Å². The number of ether oxygens (including phenoxy) is 1. The number of fused-ring (bicyclic) bond motifs is 3. The van der Waals surface area contributed by atoms with Gasteiger partial charge in [0.1, 0.15) is 17.1 Å². The standard InChI is InChI=1S/C20H21FN6O2/c1-4-5-10-22-29-13-6-7-15(21)14(11-13)19-23-12(2)18-26-25-16-8-9-17(28-3)24-20(16)27(18)19/h6-9,11,22H,4-5,10H2,1-3H3. The lowest BCUT2D eigenvalue weighted by molar-refractivity contribution is 0.194. The number of hydrogen-bond acceptors (Lipinski definition) is 7. The summed E-state index contributed by atoms with van der Waals surface area (Å²) in [7, 11) is 1.53. The zero-order valence-electron chi connectivity index (χ0n) is 16.4. The number of imidazole rings is 1. The van der Waals surface area contributed by atoms with Crippen molar-refractivity contribution in [2.75, 3.05) is 13.7 Å². The number of pyridine rings is 1. The van der Waals surface area contributed by atoms with E-state index in [9.17, 15) is 4.39 Å². The van der Waals surface area contributed by atoms with Crippen molar-refractivity contribution in [3.8, 4) is 23.0 Å². The maximum Gasteiger partial charge on any atom is 0.215 e. The summed E-state index contributed by atoms with van der Waals surface area (Å²) in [4.78, 5) is 14.6. The Bertz CT molecular complexity index is 1180. The molecule has 0 aliphatic heterocycles. The molecule has 29 heavy (non-hydrogen) atoms. The summed E-state index contributed by atoms with van der Waals surface area (Å²) < 4.78 is 21.7. The van der Waals surface area contributed by atoms with Gasteiger partial charge in [-0.15, -0.1) is 10.2 Å². The summed E-state index contributed by atoms with van der Waals surface area (Å²) in [5.74, 6) is 0.853. The van der Waals surface area contributed by atoms with Crippen molar-refractivity contribution in [2.24, 2.45) is 0 Å². The molecule has 0 amide bonds. The summed E-state index contributed by atoms with van der Waals surface area (Å²) in [5, 5.41) is 8.43. The minimum absolute atomic E-state index is 0.279. The van der Waals surface area contributed by atoms with Crippen LogP contribution in [0.2, 0.25) is 0 Å². The van der Waals surface area contributed by atoms with Crippen LogP contribution in [0, 0.1) is 12.7 Å². The number of methoxy groups -OCH3 is 1. The van der Waals surface area contributed by atoms with Crippen LogP contribution in [0.4, 0.5) is 4.39 Å². The lowest BCUT2D eigenvalue weighted by Gasteiger charge is -2.10. The molecule has 0 bridgehead atoms. The minimum atomic E-state index is -0.425. The SMILES string of the molecule is CCCCNOc1ccc(F)c(-c2nc(C)c3nnc4ccc(OC)nc4n23)c1. The highest BCUT2D eigenvalue weighted by molar-refractivity contribution is 5.78. The molecule has 0 atom stereocenters. The van der Waals surface area contributed by atoms with Gasteiger partial charge in [0.25, 0.3) is 0 Å². The Labute approximate surface area is 166 Å². The summed E-state index contributed by atoms with van der Waals surface area (Å²) in [6, 6.07) is 7.98. The van der Waals surface area contributed by atoms with Crippen LogP contribution in [0.3, 0.4) is 0 Å². The average molecular weight is 396 g/mol. The molecule has 0 saturated heterocycles. The summed E-state index contributed by atoms with van der Waals surface area (Å²) in [5.41, 5.74) is 5.31. The van der Waals surface area contributed by atoms with Gasteiger partial charge >= 0.3 is 0 Å². The first-order valence-corrected chi connectivity index (χ1v) is 9.38. The van der Waals surface area contributed by atoms with E-state index in [0.717, 1.165) is 12.8 Å². The zero-order valence-corrected chi connectivity index (χ0v) is 16.4. The second-order valence-corrected chi connectivity index (χ2v) is 6.57. The van der Waals surface area contributed by atoms with Gasteiger partial charge in [-0.3, -0.25) is 4.40 Å². The number of rotatable bonds is 7. The third-order valence-electron chi connectivity index (χ3n) is 4.52. The Kier molecular flexibility index (Phi) is 5.22. The second-order valence-electron chi connectivity index (χ2n) is 6.57. The van der Waals surface area contributed by atoms with E-state index in [4.69, 9.17) is 9.57 Å². The maximum absolute atomic E-state index is 14.8. The van der Waals surface area contributed by atoms with E-state index in [-0.39, 0.29) is 5.56 Å². The van der Waals surface area contributed by atoms with Gasteiger partial charge < -0.3 is 9.57 Å². The van der Waals surface area contributed by atoms with E-state index in [2.05, 4.69) is 32.6 Å². The molecule has 0 aliphatic carbocycles. The molecule has 8 nitrogen and oxygen atoms in total. The Hall–Kier alpha value is -3.33. The molecule has 0 radical (unpaired) electrons. The number of hydroxylamine groups is 1. The molecule has 3 heterocycles. The highest BCUT2D eigenvalue weighted by Gasteiger charge is 2.19. The highest BCUT2D eigenvalue weighted by atomic mass is 19.1. The molecule has 0 fully saturated rings. The first kappa shape index (κ1) is 19.0. The third-order valence-corrected chi connectivity index (χ3v) is 4.52. The fourth-order valence-corrected chi connectivity index (χ4v) is 3.02. The van der Waals surface area contributed by atoms with Crippen LogP contribution in [-0.2, 0) is 0 Å². The lowest BCUT2D eigenvalue weighted by atomic mass is 10.2. The molecule has 4 rings (SSSR count). The number of aromatic nitrogens is 5. The van der Waals surface area contributed by atoms with Crippen molar-refractivity contribution >= 4 is 16.8 Å². The molecule has 9 heteroatoms. The van der Waals surface area contributed by atoms with Crippen molar-refractivity contribution in [2.45, 2.75) is 26.7 Å². The number of unbranched alkanes of at least 4 members (excludes halogenated alkanes) is 1. The third kappa shape index (κ3) is 3.56. The van der Waals surface area contributed by atoms with Gasteiger partial charge in [0.15, 0.2) is 17.1 Å². The van der Waals surface area contributed by atoms with E-state index in [1.165, 1.54) is 13.2 Å². The second kappa shape index (κ2) is 7.96. The molecule has 4 aromatic rings. The van der Waals surface area contributed by atoms with Crippen molar-refractivity contribution in [3.05, 3.63) is 41.8 Å². The number of benzene rings is 1. The van der Waals surface area contributed by atoms with Gasteiger partial charge in [-0.1, -0.05) is 13.3 Å². The number of nitrogens with one attached hydrogen (secondary N) is 1. The number of aryl methyl sites for hydroxylation is 1. The van der Waals surface area contributed by atoms with Crippen LogP contribution < -0.4 is 15.1 Å². The number of nitrogens with zero attached hydrogens (tertiary/aromatic N) is 5.